The van der Waals surface area contributed by atoms with E-state index in [4.69, 9.17) is 0 Å². The lowest BCUT2D eigenvalue weighted by molar-refractivity contribution is -0.348. The fraction of sp³-hybridized carbons (Fsp3) is 0.552. The number of carbonyl (C=O) groups is 1. The van der Waals surface area contributed by atoms with E-state index < -0.39 is 56.3 Å². The predicted octanol–water partition coefficient (Wildman–Crippen LogP) is 7.03. The first-order chi connectivity index (χ1) is 19.4. The van der Waals surface area contributed by atoms with Crippen molar-refractivity contribution in [3.8, 4) is 0 Å². The molecular formula is C29H29F8NO3S. The summed E-state index contributed by atoms with van der Waals surface area (Å²) in [6, 6.07) is 6.53. The smallest absolute Gasteiger partial charge is 0.337 e. The Morgan fingerprint density at radius 3 is 2.05 bits per heavy atom. The highest BCUT2D eigenvalue weighted by Gasteiger charge is 2.74. The summed E-state index contributed by atoms with van der Waals surface area (Å²) in [4.78, 5) is 15.0. The Morgan fingerprint density at radius 2 is 1.48 bits per heavy atom. The van der Waals surface area contributed by atoms with Crippen molar-refractivity contribution in [3.63, 3.8) is 0 Å². The summed E-state index contributed by atoms with van der Waals surface area (Å²) in [5.41, 5.74) is -6.79. The van der Waals surface area contributed by atoms with Gasteiger partial charge in [0.15, 0.2) is 9.84 Å². The number of rotatable bonds is 4. The average molecular weight is 624 g/mol. The van der Waals surface area contributed by atoms with Crippen molar-refractivity contribution in [2.45, 2.75) is 91.7 Å². The monoisotopic (exact) mass is 623 g/mol. The number of carbonyl (C=O) groups excluding carboxylic acids is 1. The van der Waals surface area contributed by atoms with Crippen molar-refractivity contribution in [1.82, 2.24) is 4.90 Å². The van der Waals surface area contributed by atoms with Crippen LogP contribution < -0.4 is 0 Å². The Kier molecular flexibility index (Phi) is 7.46. The maximum atomic E-state index is 15.0. The van der Waals surface area contributed by atoms with Crippen LogP contribution in [0.2, 0.25) is 0 Å². The topological polar surface area (TPSA) is 54.5 Å². The highest BCUT2D eigenvalue weighted by atomic mass is 32.2. The number of halogens is 8. The van der Waals surface area contributed by atoms with Crippen LogP contribution in [0.5, 0.6) is 0 Å². The first kappa shape index (κ1) is 30.7. The average Bonchev–Trinajstić information content (AvgIpc) is 3.33. The van der Waals surface area contributed by atoms with Crippen LogP contribution in [-0.2, 0) is 31.5 Å². The number of nitrogens with zero attached hydrogens (tertiary/aromatic N) is 1. The van der Waals surface area contributed by atoms with Crippen LogP contribution in [0.15, 0.2) is 47.4 Å². The molecule has 5 rings (SSSR count). The number of fused-ring (bicyclic) bond motifs is 3. The summed E-state index contributed by atoms with van der Waals surface area (Å²) >= 11 is 0. The molecular weight excluding hydrogens is 594 g/mol. The van der Waals surface area contributed by atoms with Crippen LogP contribution in [0.1, 0.15) is 60.8 Å². The Bertz CT molecular complexity index is 1450. The molecule has 0 radical (unpaired) electrons. The summed E-state index contributed by atoms with van der Waals surface area (Å²) in [6.45, 7) is 1.71. The van der Waals surface area contributed by atoms with Gasteiger partial charge in [0, 0.05) is 18.0 Å². The van der Waals surface area contributed by atoms with Gasteiger partial charge in [0.2, 0.25) is 5.91 Å². The minimum atomic E-state index is -6.32. The second-order valence-electron chi connectivity index (χ2n) is 11.5. The Morgan fingerprint density at radius 1 is 0.881 bits per heavy atom. The third-order valence-corrected chi connectivity index (χ3v) is 11.7. The second kappa shape index (κ2) is 10.2. The Hall–Kier alpha value is -2.70. The lowest BCUT2D eigenvalue weighted by Crippen LogP contribution is -2.53. The molecule has 1 amide bonds. The van der Waals surface area contributed by atoms with Gasteiger partial charge in [0.05, 0.1) is 10.9 Å². The van der Waals surface area contributed by atoms with E-state index in [1.807, 2.05) is 0 Å². The van der Waals surface area contributed by atoms with Gasteiger partial charge in [-0.3, -0.25) is 4.79 Å². The van der Waals surface area contributed by atoms with Crippen molar-refractivity contribution in [1.29, 1.82) is 0 Å². The zero-order valence-corrected chi connectivity index (χ0v) is 23.4. The third kappa shape index (κ3) is 4.52. The predicted molar refractivity (Wildman–Crippen MR) is 137 cm³/mol. The molecule has 2 atom stereocenters. The molecule has 230 valence electrons. The lowest BCUT2D eigenvalue weighted by atomic mass is 9.76. The number of amides is 1. The highest BCUT2D eigenvalue weighted by molar-refractivity contribution is 7.92. The summed E-state index contributed by atoms with van der Waals surface area (Å²) in [5.74, 6) is -0.866. The van der Waals surface area contributed by atoms with Crippen molar-refractivity contribution < 1.29 is 48.3 Å². The van der Waals surface area contributed by atoms with Gasteiger partial charge in [-0.25, -0.2) is 17.2 Å². The zero-order chi connectivity index (χ0) is 30.9. The molecule has 0 N–H and O–H groups in total. The minimum Gasteiger partial charge on any atom is -0.337 e. The zero-order valence-electron chi connectivity index (χ0n) is 22.5. The largest absolute Gasteiger partial charge is 0.435 e. The van der Waals surface area contributed by atoms with Gasteiger partial charge in [0.1, 0.15) is 10.9 Å². The number of sulfone groups is 1. The van der Waals surface area contributed by atoms with Gasteiger partial charge in [-0.2, -0.15) is 26.3 Å². The number of alkyl halides is 8. The molecule has 13 heteroatoms. The summed E-state index contributed by atoms with van der Waals surface area (Å²) < 4.78 is 137. The van der Waals surface area contributed by atoms with E-state index in [1.54, 1.807) is 19.1 Å². The first-order valence-corrected chi connectivity index (χ1v) is 15.2. The number of hydrogen-bond donors (Lipinski definition) is 0. The molecule has 1 saturated carbocycles. The van der Waals surface area contributed by atoms with Gasteiger partial charge in [-0.15, -0.1) is 0 Å². The van der Waals surface area contributed by atoms with E-state index in [-0.39, 0.29) is 73.4 Å². The van der Waals surface area contributed by atoms with Gasteiger partial charge < -0.3 is 4.90 Å². The van der Waals surface area contributed by atoms with Gasteiger partial charge in [-0.1, -0.05) is 35.9 Å². The number of benzene rings is 2. The van der Waals surface area contributed by atoms with E-state index in [0.29, 0.717) is 12.1 Å². The molecule has 4 nitrogen and oxygen atoms in total. The Balaban J connectivity index is 1.66. The van der Waals surface area contributed by atoms with E-state index >= 15 is 0 Å². The van der Waals surface area contributed by atoms with Crippen molar-refractivity contribution in [2.75, 3.05) is 6.54 Å². The summed E-state index contributed by atoms with van der Waals surface area (Å²) in [7, 11) is -4.39. The maximum absolute atomic E-state index is 15.0. The first-order valence-electron chi connectivity index (χ1n) is 13.7. The lowest BCUT2D eigenvalue weighted by Gasteiger charge is -2.43. The molecule has 2 aromatic carbocycles. The number of aryl methyl sites for hydroxylation is 2. The van der Waals surface area contributed by atoms with Gasteiger partial charge in [-0.05, 0) is 75.1 Å². The quantitative estimate of drug-likeness (QED) is 0.344. The molecule has 2 aliphatic carbocycles. The van der Waals surface area contributed by atoms with Crippen LogP contribution in [0, 0.1) is 12.8 Å². The molecule has 2 fully saturated rings. The summed E-state index contributed by atoms with van der Waals surface area (Å²) in [6.07, 6.45) is -13.1. The van der Waals surface area contributed by atoms with Gasteiger partial charge >= 0.3 is 18.0 Å². The molecule has 1 saturated heterocycles. The molecule has 0 aromatic heterocycles. The molecule has 3 aliphatic rings. The highest BCUT2D eigenvalue weighted by Crippen LogP contribution is 2.57. The molecule has 0 bridgehead atoms. The molecule has 1 aliphatic heterocycles. The normalized spacial score (nSPS) is 27.0. The summed E-state index contributed by atoms with van der Waals surface area (Å²) in [5, 5.41) is 0. The van der Waals surface area contributed by atoms with E-state index in [2.05, 4.69) is 0 Å². The SMILES string of the molecule is Cc1ccc(S(=O)(=O)C23CCN(C(=O)C4CCC(F)CC4)C2CCc2cc(C(F)(C(F)(F)F)C(F)(F)F)ccc23)cc1. The van der Waals surface area contributed by atoms with Crippen LogP contribution in [0.3, 0.4) is 0 Å². The standard InChI is InChI=1S/C29H29F8NO3S/c1-17-2-10-22(11-3-17)42(40,41)26-14-15-38(25(39)18-4-8-21(30)9-5-18)24(26)13-6-19-16-20(7-12-23(19)26)27(31,28(32,33)34)29(35,36)37/h2-3,7,10-12,16,18,21,24H,4-6,8-9,13-15H2,1H3. The van der Waals surface area contributed by atoms with E-state index in [1.165, 1.54) is 17.0 Å². The van der Waals surface area contributed by atoms with Crippen LogP contribution in [-0.4, -0.2) is 50.3 Å². The van der Waals surface area contributed by atoms with E-state index in [0.717, 1.165) is 11.6 Å². The number of likely N-dealkylation sites (tertiary alicyclic amines) is 1. The van der Waals surface area contributed by atoms with Crippen LogP contribution in [0.4, 0.5) is 35.1 Å². The van der Waals surface area contributed by atoms with E-state index in [9.17, 15) is 48.3 Å². The fourth-order valence-corrected chi connectivity index (χ4v) is 9.32. The Labute approximate surface area is 238 Å². The van der Waals surface area contributed by atoms with Crippen LogP contribution in [0.25, 0.3) is 0 Å². The third-order valence-electron chi connectivity index (χ3n) is 9.17. The maximum Gasteiger partial charge on any atom is 0.435 e. The van der Waals surface area contributed by atoms with Crippen molar-refractivity contribution in [2.24, 2.45) is 5.92 Å². The minimum absolute atomic E-state index is 0.0243. The molecule has 42 heavy (non-hydrogen) atoms. The van der Waals surface area contributed by atoms with Gasteiger partial charge in [0.25, 0.3) is 0 Å². The fourth-order valence-electron chi connectivity index (χ4n) is 6.96. The molecule has 2 unspecified atom stereocenters. The second-order valence-corrected chi connectivity index (χ2v) is 13.7. The molecule has 0 spiro atoms. The van der Waals surface area contributed by atoms with Crippen molar-refractivity contribution >= 4 is 15.7 Å². The molecule has 2 aromatic rings. The van der Waals surface area contributed by atoms with Crippen molar-refractivity contribution in [3.05, 3.63) is 64.7 Å². The number of hydrogen-bond acceptors (Lipinski definition) is 3. The molecule has 1 heterocycles. The van der Waals surface area contributed by atoms with Crippen LogP contribution >= 0.6 is 0 Å².